The van der Waals surface area contributed by atoms with Gasteiger partial charge in [0.2, 0.25) is 0 Å². The summed E-state index contributed by atoms with van der Waals surface area (Å²) in [4.78, 5) is 30.4. The highest BCUT2D eigenvalue weighted by Gasteiger charge is 2.53. The van der Waals surface area contributed by atoms with Crippen molar-refractivity contribution in [3.05, 3.63) is 114 Å². The molecule has 0 radical (unpaired) electrons. The molecule has 1 saturated heterocycles. The molecular formula is C28H27N3O2. The Kier molecular flexibility index (Phi) is 5.80. The number of benzene rings is 3. The first kappa shape index (κ1) is 21.2. The minimum atomic E-state index is -1.19. The average molecular weight is 438 g/mol. The Morgan fingerprint density at radius 1 is 0.758 bits per heavy atom. The van der Waals surface area contributed by atoms with Crippen LogP contribution in [-0.2, 0) is 10.3 Å². The fourth-order valence-corrected chi connectivity index (χ4v) is 4.78. The maximum absolute atomic E-state index is 13.8. The molecule has 0 atom stereocenters. The first-order valence-electron chi connectivity index (χ1n) is 11.4. The predicted molar refractivity (Wildman–Crippen MR) is 129 cm³/mol. The second-order valence-corrected chi connectivity index (χ2v) is 8.51. The van der Waals surface area contributed by atoms with E-state index >= 15 is 0 Å². The Morgan fingerprint density at radius 3 is 1.88 bits per heavy atom. The molecular weight excluding hydrogens is 410 g/mol. The van der Waals surface area contributed by atoms with Gasteiger partial charge in [0.15, 0.2) is 5.54 Å². The molecule has 3 amide bonds. The SMILES string of the molecule is O=C1NC(c2ccccc2)(c2ccccc2)C(=O)N1CCN1CC=C(c2ccccc2)CC1. The number of carbonyl (C=O) groups excluding carboxylic acids is 2. The van der Waals surface area contributed by atoms with E-state index in [-0.39, 0.29) is 11.9 Å². The zero-order valence-electron chi connectivity index (χ0n) is 18.5. The highest BCUT2D eigenvalue weighted by Crippen LogP contribution is 2.36. The lowest BCUT2D eigenvalue weighted by Crippen LogP contribution is -2.45. The lowest BCUT2D eigenvalue weighted by molar-refractivity contribution is -0.130. The molecule has 0 aliphatic carbocycles. The van der Waals surface area contributed by atoms with E-state index in [4.69, 9.17) is 0 Å². The van der Waals surface area contributed by atoms with E-state index in [1.807, 2.05) is 66.7 Å². The summed E-state index contributed by atoms with van der Waals surface area (Å²) in [5.74, 6) is -0.220. The van der Waals surface area contributed by atoms with Gasteiger partial charge in [-0.1, -0.05) is 97.1 Å². The molecule has 2 aliphatic rings. The fourth-order valence-electron chi connectivity index (χ4n) is 4.78. The van der Waals surface area contributed by atoms with Crippen LogP contribution in [0.1, 0.15) is 23.1 Å². The highest BCUT2D eigenvalue weighted by molar-refractivity contribution is 6.09. The first-order valence-corrected chi connectivity index (χ1v) is 11.4. The van der Waals surface area contributed by atoms with Gasteiger partial charge in [0, 0.05) is 26.2 Å². The van der Waals surface area contributed by atoms with Gasteiger partial charge in [0.25, 0.3) is 5.91 Å². The van der Waals surface area contributed by atoms with E-state index in [1.165, 1.54) is 16.0 Å². The van der Waals surface area contributed by atoms with Crippen molar-refractivity contribution >= 4 is 17.5 Å². The Labute approximate surface area is 194 Å². The molecule has 3 aromatic rings. The fraction of sp³-hybridized carbons (Fsp3) is 0.214. The van der Waals surface area contributed by atoms with Crippen LogP contribution >= 0.6 is 0 Å². The molecule has 2 heterocycles. The maximum atomic E-state index is 13.8. The van der Waals surface area contributed by atoms with Crippen molar-refractivity contribution in [2.75, 3.05) is 26.2 Å². The van der Waals surface area contributed by atoms with Crippen LogP contribution in [0.3, 0.4) is 0 Å². The van der Waals surface area contributed by atoms with E-state index in [2.05, 4.69) is 40.6 Å². The van der Waals surface area contributed by atoms with Crippen LogP contribution in [0.25, 0.3) is 5.57 Å². The second-order valence-electron chi connectivity index (χ2n) is 8.51. The van der Waals surface area contributed by atoms with Crippen molar-refractivity contribution < 1.29 is 9.59 Å². The van der Waals surface area contributed by atoms with Crippen LogP contribution in [0.5, 0.6) is 0 Å². The van der Waals surface area contributed by atoms with Crippen molar-refractivity contribution in [2.45, 2.75) is 12.0 Å². The molecule has 33 heavy (non-hydrogen) atoms. The van der Waals surface area contributed by atoms with Gasteiger partial charge in [0.1, 0.15) is 0 Å². The molecule has 0 bridgehead atoms. The minimum absolute atomic E-state index is 0.220. The van der Waals surface area contributed by atoms with Crippen molar-refractivity contribution in [2.24, 2.45) is 0 Å². The number of carbonyl (C=O) groups is 2. The minimum Gasteiger partial charge on any atom is -0.315 e. The van der Waals surface area contributed by atoms with Gasteiger partial charge in [-0.05, 0) is 28.7 Å². The summed E-state index contributed by atoms with van der Waals surface area (Å²) >= 11 is 0. The number of imide groups is 1. The zero-order chi connectivity index (χ0) is 22.7. The van der Waals surface area contributed by atoms with Crippen LogP contribution in [0.4, 0.5) is 4.79 Å². The van der Waals surface area contributed by atoms with Crippen molar-refractivity contribution in [3.8, 4) is 0 Å². The lowest BCUT2D eigenvalue weighted by atomic mass is 9.82. The van der Waals surface area contributed by atoms with Crippen LogP contribution < -0.4 is 5.32 Å². The van der Waals surface area contributed by atoms with Gasteiger partial charge in [-0.3, -0.25) is 14.6 Å². The van der Waals surface area contributed by atoms with Crippen LogP contribution in [0, 0.1) is 0 Å². The molecule has 2 aliphatic heterocycles. The van der Waals surface area contributed by atoms with Crippen molar-refractivity contribution in [1.82, 2.24) is 15.1 Å². The summed E-state index contributed by atoms with van der Waals surface area (Å²) in [6.45, 7) is 2.74. The third-order valence-electron chi connectivity index (χ3n) is 6.60. The molecule has 0 aromatic heterocycles. The molecule has 5 nitrogen and oxygen atoms in total. The maximum Gasteiger partial charge on any atom is 0.325 e. The van der Waals surface area contributed by atoms with Crippen molar-refractivity contribution in [3.63, 3.8) is 0 Å². The monoisotopic (exact) mass is 437 g/mol. The summed E-state index contributed by atoms with van der Waals surface area (Å²) in [5.41, 5.74) is 2.97. The molecule has 0 spiro atoms. The Morgan fingerprint density at radius 2 is 1.33 bits per heavy atom. The van der Waals surface area contributed by atoms with Crippen LogP contribution in [0.2, 0.25) is 0 Å². The summed E-state index contributed by atoms with van der Waals surface area (Å²) < 4.78 is 0. The second kappa shape index (κ2) is 9.04. The summed E-state index contributed by atoms with van der Waals surface area (Å²) in [6.07, 6.45) is 3.21. The molecule has 1 fully saturated rings. The quantitative estimate of drug-likeness (QED) is 0.586. The van der Waals surface area contributed by atoms with Crippen LogP contribution in [-0.4, -0.2) is 47.9 Å². The van der Waals surface area contributed by atoms with E-state index in [0.717, 1.165) is 30.6 Å². The Balaban J connectivity index is 1.33. The van der Waals surface area contributed by atoms with Gasteiger partial charge in [-0.15, -0.1) is 0 Å². The molecule has 5 heteroatoms. The Bertz CT molecular complexity index is 1120. The molecule has 0 unspecified atom stereocenters. The predicted octanol–water partition coefficient (Wildman–Crippen LogP) is 4.27. The standard InChI is InChI=1S/C28H27N3O2/c32-26-28(24-12-6-2-7-13-24,25-14-8-3-9-15-25)29-27(33)31(26)21-20-30-18-16-23(17-19-30)22-10-4-1-5-11-22/h1-16H,17-21H2,(H,29,33). The molecule has 3 aromatic carbocycles. The number of nitrogens with one attached hydrogen (secondary N) is 1. The number of nitrogens with zero attached hydrogens (tertiary/aromatic N) is 2. The third kappa shape index (κ3) is 3.96. The topological polar surface area (TPSA) is 52.7 Å². The van der Waals surface area contributed by atoms with E-state index in [9.17, 15) is 9.59 Å². The van der Waals surface area contributed by atoms with E-state index in [0.29, 0.717) is 13.1 Å². The first-order chi connectivity index (χ1) is 16.2. The molecule has 1 N–H and O–H groups in total. The van der Waals surface area contributed by atoms with E-state index < -0.39 is 5.54 Å². The van der Waals surface area contributed by atoms with E-state index in [1.54, 1.807) is 0 Å². The lowest BCUT2D eigenvalue weighted by Gasteiger charge is -2.29. The smallest absolute Gasteiger partial charge is 0.315 e. The largest absolute Gasteiger partial charge is 0.325 e. The molecule has 0 saturated carbocycles. The Hall–Kier alpha value is -3.70. The number of urea groups is 1. The molecule has 5 rings (SSSR count). The number of hydrogen-bond acceptors (Lipinski definition) is 3. The van der Waals surface area contributed by atoms with Gasteiger partial charge in [0.05, 0.1) is 0 Å². The summed E-state index contributed by atoms with van der Waals surface area (Å²) in [5, 5.41) is 3.02. The number of hydrogen-bond donors (Lipinski definition) is 1. The normalized spacial score (nSPS) is 18.2. The molecule has 166 valence electrons. The van der Waals surface area contributed by atoms with Crippen LogP contribution in [0.15, 0.2) is 97.1 Å². The number of rotatable bonds is 6. The third-order valence-corrected chi connectivity index (χ3v) is 6.60. The average Bonchev–Trinajstić information content (AvgIpc) is 3.15. The van der Waals surface area contributed by atoms with Gasteiger partial charge < -0.3 is 5.32 Å². The van der Waals surface area contributed by atoms with Gasteiger partial charge in [-0.25, -0.2) is 4.79 Å². The van der Waals surface area contributed by atoms with Crippen molar-refractivity contribution in [1.29, 1.82) is 0 Å². The zero-order valence-corrected chi connectivity index (χ0v) is 18.5. The summed E-state index contributed by atoms with van der Waals surface area (Å²) in [6, 6.07) is 29.1. The van der Waals surface area contributed by atoms with Gasteiger partial charge in [-0.2, -0.15) is 0 Å². The number of amides is 3. The van der Waals surface area contributed by atoms with Gasteiger partial charge >= 0.3 is 6.03 Å². The highest BCUT2D eigenvalue weighted by atomic mass is 16.2. The summed E-state index contributed by atoms with van der Waals surface area (Å²) in [7, 11) is 0.